The fourth-order valence-corrected chi connectivity index (χ4v) is 5.74. The van der Waals surface area contributed by atoms with Crippen molar-refractivity contribution in [1.29, 1.82) is 0 Å². The van der Waals surface area contributed by atoms with Crippen LogP contribution in [-0.2, 0) is 12.3 Å². The molecule has 5 rings (SSSR count). The van der Waals surface area contributed by atoms with E-state index in [4.69, 9.17) is 0 Å². The molecule has 0 aliphatic rings. The lowest BCUT2D eigenvalue weighted by molar-refractivity contribution is 0.0946. The molecule has 0 fully saturated rings. The standard InChI is InChI=1S/C24H20N6OS3/c1-16-6-4-8-18(12-16)30-22(20-9-5-11-32-20)28-29-24(30)34-15-21-27-19(14-33-21)23(31)26-13-17-7-2-3-10-25-17/h2-12,14H,13,15H2,1H3,(H,26,31). The summed E-state index contributed by atoms with van der Waals surface area (Å²) in [6.45, 7) is 2.44. The summed E-state index contributed by atoms with van der Waals surface area (Å²) < 4.78 is 2.08. The second-order valence-corrected chi connectivity index (χ2v) is 10.2. The number of thiazole rings is 1. The molecule has 0 bridgehead atoms. The first-order chi connectivity index (χ1) is 16.7. The molecule has 7 nitrogen and oxygen atoms in total. The van der Waals surface area contributed by atoms with Crippen LogP contribution >= 0.6 is 34.4 Å². The first-order valence-corrected chi connectivity index (χ1v) is 13.2. The number of amides is 1. The van der Waals surface area contributed by atoms with E-state index in [9.17, 15) is 4.79 Å². The first-order valence-electron chi connectivity index (χ1n) is 10.5. The SMILES string of the molecule is Cc1cccc(-n2c(SCc3nc(C(=O)NCc4ccccn4)cs3)nnc2-c2cccs2)c1. The van der Waals surface area contributed by atoms with Crippen LogP contribution < -0.4 is 5.32 Å². The van der Waals surface area contributed by atoms with Gasteiger partial charge in [-0.15, -0.1) is 32.9 Å². The van der Waals surface area contributed by atoms with Crippen molar-refractivity contribution in [3.63, 3.8) is 0 Å². The molecule has 4 aromatic heterocycles. The molecule has 0 saturated heterocycles. The molecule has 0 saturated carbocycles. The predicted molar refractivity (Wildman–Crippen MR) is 136 cm³/mol. The molecule has 34 heavy (non-hydrogen) atoms. The summed E-state index contributed by atoms with van der Waals surface area (Å²) in [6, 6.07) is 18.0. The van der Waals surface area contributed by atoms with Gasteiger partial charge in [-0.3, -0.25) is 14.3 Å². The topological polar surface area (TPSA) is 85.6 Å². The Bertz CT molecular complexity index is 1400. The van der Waals surface area contributed by atoms with Gasteiger partial charge in [0.15, 0.2) is 11.0 Å². The number of nitrogens with zero attached hydrogens (tertiary/aromatic N) is 5. The van der Waals surface area contributed by atoms with Gasteiger partial charge in [0.25, 0.3) is 5.91 Å². The Balaban J connectivity index is 1.31. The Morgan fingerprint density at radius 2 is 2.03 bits per heavy atom. The number of hydrogen-bond donors (Lipinski definition) is 1. The zero-order valence-corrected chi connectivity index (χ0v) is 20.7. The molecule has 0 aliphatic heterocycles. The molecule has 1 amide bonds. The van der Waals surface area contributed by atoms with E-state index < -0.39 is 0 Å². The van der Waals surface area contributed by atoms with Crippen molar-refractivity contribution in [1.82, 2.24) is 30.0 Å². The van der Waals surface area contributed by atoms with E-state index in [-0.39, 0.29) is 5.91 Å². The average molecular weight is 505 g/mol. The molecule has 1 aromatic carbocycles. The summed E-state index contributed by atoms with van der Waals surface area (Å²) in [5.41, 5.74) is 3.40. The summed E-state index contributed by atoms with van der Waals surface area (Å²) in [4.78, 5) is 22.3. The Hall–Kier alpha value is -3.34. The first kappa shape index (κ1) is 22.5. The van der Waals surface area contributed by atoms with E-state index in [1.54, 1.807) is 34.7 Å². The highest BCUT2D eigenvalue weighted by molar-refractivity contribution is 7.98. The lowest BCUT2D eigenvalue weighted by atomic mass is 10.2. The third-order valence-electron chi connectivity index (χ3n) is 4.90. The maximum atomic E-state index is 12.5. The van der Waals surface area contributed by atoms with Gasteiger partial charge in [-0.2, -0.15) is 0 Å². The van der Waals surface area contributed by atoms with Crippen LogP contribution in [0.15, 0.2) is 76.7 Å². The minimum atomic E-state index is -0.207. The van der Waals surface area contributed by atoms with Gasteiger partial charge in [0.05, 0.1) is 28.6 Å². The molecule has 0 radical (unpaired) electrons. The molecular weight excluding hydrogens is 485 g/mol. The Kier molecular flexibility index (Phi) is 6.79. The monoisotopic (exact) mass is 504 g/mol. The van der Waals surface area contributed by atoms with Crippen LogP contribution in [0, 0.1) is 6.92 Å². The molecule has 1 N–H and O–H groups in total. The van der Waals surface area contributed by atoms with E-state index in [0.717, 1.165) is 32.2 Å². The zero-order valence-electron chi connectivity index (χ0n) is 18.2. The Morgan fingerprint density at radius 3 is 2.82 bits per heavy atom. The van der Waals surface area contributed by atoms with Crippen LogP contribution in [-0.4, -0.2) is 30.6 Å². The molecule has 0 spiro atoms. The Labute approximate surface area is 209 Å². The number of thiophene rings is 1. The van der Waals surface area contributed by atoms with Crippen molar-refractivity contribution >= 4 is 40.3 Å². The minimum absolute atomic E-state index is 0.207. The van der Waals surface area contributed by atoms with Crippen molar-refractivity contribution < 1.29 is 4.79 Å². The van der Waals surface area contributed by atoms with Crippen LogP contribution in [0.5, 0.6) is 0 Å². The zero-order chi connectivity index (χ0) is 23.3. The average Bonchev–Trinajstić information content (AvgIpc) is 3.62. The van der Waals surface area contributed by atoms with E-state index in [1.165, 1.54) is 16.9 Å². The van der Waals surface area contributed by atoms with Gasteiger partial charge in [0.1, 0.15) is 10.7 Å². The number of thioether (sulfide) groups is 1. The number of hydrogen-bond acceptors (Lipinski definition) is 8. The molecule has 10 heteroatoms. The van der Waals surface area contributed by atoms with Gasteiger partial charge >= 0.3 is 0 Å². The van der Waals surface area contributed by atoms with Gasteiger partial charge in [-0.25, -0.2) is 4.98 Å². The smallest absolute Gasteiger partial charge is 0.271 e. The van der Waals surface area contributed by atoms with Gasteiger partial charge < -0.3 is 5.32 Å². The molecule has 170 valence electrons. The van der Waals surface area contributed by atoms with Crippen LogP contribution in [0.2, 0.25) is 0 Å². The molecule has 0 unspecified atom stereocenters. The van der Waals surface area contributed by atoms with Gasteiger partial charge in [0.2, 0.25) is 0 Å². The summed E-state index contributed by atoms with van der Waals surface area (Å²) in [7, 11) is 0. The Morgan fingerprint density at radius 1 is 1.09 bits per heavy atom. The van der Waals surface area contributed by atoms with Crippen molar-refractivity contribution in [2.45, 2.75) is 24.4 Å². The van der Waals surface area contributed by atoms with Gasteiger partial charge in [-0.1, -0.05) is 36.0 Å². The maximum Gasteiger partial charge on any atom is 0.271 e. The summed E-state index contributed by atoms with van der Waals surface area (Å²) in [6.07, 6.45) is 1.71. The number of rotatable bonds is 8. The van der Waals surface area contributed by atoms with E-state index in [0.29, 0.717) is 18.0 Å². The molecular formula is C24H20N6OS3. The minimum Gasteiger partial charge on any atom is -0.345 e. The summed E-state index contributed by atoms with van der Waals surface area (Å²) >= 11 is 4.65. The van der Waals surface area contributed by atoms with Crippen LogP contribution in [0.3, 0.4) is 0 Å². The van der Waals surface area contributed by atoms with Crippen molar-refractivity contribution in [2.75, 3.05) is 0 Å². The van der Waals surface area contributed by atoms with E-state index >= 15 is 0 Å². The van der Waals surface area contributed by atoms with Crippen molar-refractivity contribution in [3.8, 4) is 16.4 Å². The number of aryl methyl sites for hydroxylation is 1. The number of benzene rings is 1. The van der Waals surface area contributed by atoms with Crippen molar-refractivity contribution in [2.24, 2.45) is 0 Å². The van der Waals surface area contributed by atoms with E-state index in [2.05, 4.69) is 55.2 Å². The number of nitrogens with one attached hydrogen (secondary N) is 1. The number of carbonyl (C=O) groups is 1. The highest BCUT2D eigenvalue weighted by atomic mass is 32.2. The summed E-state index contributed by atoms with van der Waals surface area (Å²) in [5, 5.41) is 17.3. The number of pyridine rings is 1. The fourth-order valence-electron chi connectivity index (χ4n) is 3.30. The van der Waals surface area contributed by atoms with Crippen LogP contribution in [0.4, 0.5) is 0 Å². The van der Waals surface area contributed by atoms with Crippen molar-refractivity contribution in [3.05, 3.63) is 93.5 Å². The highest BCUT2D eigenvalue weighted by Crippen LogP contribution is 2.32. The lowest BCUT2D eigenvalue weighted by Gasteiger charge is -2.10. The third kappa shape index (κ3) is 5.09. The highest BCUT2D eigenvalue weighted by Gasteiger charge is 2.18. The molecule has 4 heterocycles. The van der Waals surface area contributed by atoms with Crippen LogP contribution in [0.25, 0.3) is 16.4 Å². The summed E-state index contributed by atoms with van der Waals surface area (Å²) in [5.74, 6) is 1.20. The predicted octanol–water partition coefficient (Wildman–Crippen LogP) is 5.38. The molecule has 0 aliphatic carbocycles. The normalized spacial score (nSPS) is 11.0. The largest absolute Gasteiger partial charge is 0.345 e. The molecule has 0 atom stereocenters. The number of carbonyl (C=O) groups excluding carboxylic acids is 1. The maximum absolute atomic E-state index is 12.5. The number of aromatic nitrogens is 5. The quantitative estimate of drug-likeness (QED) is 0.286. The van der Waals surface area contributed by atoms with Gasteiger partial charge in [-0.05, 0) is 48.2 Å². The lowest BCUT2D eigenvalue weighted by Crippen LogP contribution is -2.23. The van der Waals surface area contributed by atoms with E-state index in [1.807, 2.05) is 41.8 Å². The van der Waals surface area contributed by atoms with Gasteiger partial charge in [0, 0.05) is 11.6 Å². The fraction of sp³-hybridized carbons (Fsp3) is 0.125. The second kappa shape index (κ2) is 10.3. The second-order valence-electron chi connectivity index (χ2n) is 7.38. The van der Waals surface area contributed by atoms with Crippen LogP contribution in [0.1, 0.15) is 26.8 Å². The third-order valence-corrected chi connectivity index (χ3v) is 7.74. The molecule has 5 aromatic rings.